The van der Waals surface area contributed by atoms with Crippen LogP contribution < -0.4 is 9.46 Å². The number of ether oxygens (including phenoxy) is 1. The topological polar surface area (TPSA) is 92.7 Å². The van der Waals surface area contributed by atoms with Crippen molar-refractivity contribution in [3.8, 4) is 5.75 Å². The highest BCUT2D eigenvalue weighted by Gasteiger charge is 2.26. The molecule has 0 aliphatic carbocycles. The smallest absolute Gasteiger partial charge is 0.307 e. The molecule has 138 valence electrons. The Morgan fingerprint density at radius 2 is 1.96 bits per heavy atom. The van der Waals surface area contributed by atoms with Crippen LogP contribution in [0.25, 0.3) is 0 Å². The zero-order valence-electron chi connectivity index (χ0n) is 14.4. The van der Waals surface area contributed by atoms with Gasteiger partial charge in [0.05, 0.1) is 17.9 Å². The molecule has 1 unspecified atom stereocenters. The van der Waals surface area contributed by atoms with Crippen LogP contribution in [0.15, 0.2) is 47.4 Å². The minimum absolute atomic E-state index is 0.0623. The number of sulfonamides is 1. The van der Waals surface area contributed by atoms with E-state index in [9.17, 15) is 13.2 Å². The Kier molecular flexibility index (Phi) is 5.29. The van der Waals surface area contributed by atoms with Gasteiger partial charge in [0, 0.05) is 18.0 Å². The van der Waals surface area contributed by atoms with Crippen molar-refractivity contribution in [2.24, 2.45) is 0 Å². The highest BCUT2D eigenvalue weighted by molar-refractivity contribution is 7.89. The van der Waals surface area contributed by atoms with Gasteiger partial charge in [-0.2, -0.15) is 0 Å². The highest BCUT2D eigenvalue weighted by Crippen LogP contribution is 2.36. The van der Waals surface area contributed by atoms with Gasteiger partial charge in [0.15, 0.2) is 0 Å². The molecule has 6 nitrogen and oxygen atoms in total. The van der Waals surface area contributed by atoms with Crippen molar-refractivity contribution in [2.45, 2.75) is 30.6 Å². The Hall–Kier alpha value is -2.38. The van der Waals surface area contributed by atoms with Crippen molar-refractivity contribution in [1.82, 2.24) is 4.72 Å². The third kappa shape index (κ3) is 4.05. The molecule has 1 aliphatic heterocycles. The second-order valence-electron chi connectivity index (χ2n) is 6.41. The van der Waals surface area contributed by atoms with Crippen LogP contribution in [0.5, 0.6) is 5.75 Å². The van der Waals surface area contributed by atoms with Crippen molar-refractivity contribution in [2.75, 3.05) is 13.2 Å². The molecule has 1 atom stereocenters. The third-order valence-corrected chi connectivity index (χ3v) is 5.91. The lowest BCUT2D eigenvalue weighted by Gasteiger charge is -2.27. The highest BCUT2D eigenvalue weighted by atomic mass is 32.2. The Morgan fingerprint density at radius 1 is 1.23 bits per heavy atom. The first-order chi connectivity index (χ1) is 12.4. The molecule has 0 bridgehead atoms. The Morgan fingerprint density at radius 3 is 2.65 bits per heavy atom. The van der Waals surface area contributed by atoms with Gasteiger partial charge in [-0.15, -0.1) is 0 Å². The average Bonchev–Trinajstić information content (AvgIpc) is 2.60. The second kappa shape index (κ2) is 7.47. The number of carbonyl (C=O) groups is 1. The van der Waals surface area contributed by atoms with E-state index >= 15 is 0 Å². The van der Waals surface area contributed by atoms with Crippen molar-refractivity contribution in [3.05, 3.63) is 59.2 Å². The maximum absolute atomic E-state index is 12.5. The molecule has 0 saturated carbocycles. The van der Waals surface area contributed by atoms with Crippen molar-refractivity contribution >= 4 is 16.0 Å². The van der Waals surface area contributed by atoms with E-state index in [1.807, 2.05) is 13.0 Å². The summed E-state index contributed by atoms with van der Waals surface area (Å²) < 4.78 is 33.3. The van der Waals surface area contributed by atoms with Gasteiger partial charge in [0.25, 0.3) is 0 Å². The lowest BCUT2D eigenvalue weighted by Crippen LogP contribution is -2.31. The zero-order valence-corrected chi connectivity index (χ0v) is 15.3. The van der Waals surface area contributed by atoms with E-state index in [4.69, 9.17) is 9.84 Å². The number of carboxylic acids is 1. The number of benzene rings is 2. The lowest BCUT2D eigenvalue weighted by atomic mass is 9.91. The molecule has 0 radical (unpaired) electrons. The molecule has 0 amide bonds. The van der Waals surface area contributed by atoms with E-state index in [0.29, 0.717) is 24.3 Å². The van der Waals surface area contributed by atoms with Crippen molar-refractivity contribution in [1.29, 1.82) is 0 Å². The molecule has 7 heteroatoms. The molecule has 2 N–H and O–H groups in total. The standard InChI is InChI=1S/C19H21NO5S/c1-13-5-7-16(8-6-13)26(23,24)20-12-15-9-10-25-19-14(11-18(21)22)3-2-4-17(15)19/h2-8,15,20H,9-12H2,1H3,(H,21,22). The van der Waals surface area contributed by atoms with Crippen LogP contribution in [-0.2, 0) is 21.2 Å². The fourth-order valence-corrected chi connectivity index (χ4v) is 4.17. The molecule has 26 heavy (non-hydrogen) atoms. The van der Waals surface area contributed by atoms with Crippen LogP contribution in [0.2, 0.25) is 0 Å². The van der Waals surface area contributed by atoms with E-state index in [1.54, 1.807) is 36.4 Å². The van der Waals surface area contributed by atoms with Crippen LogP contribution >= 0.6 is 0 Å². The summed E-state index contributed by atoms with van der Waals surface area (Å²) in [6, 6.07) is 12.1. The SMILES string of the molecule is Cc1ccc(S(=O)(=O)NCC2CCOc3c(CC(=O)O)cccc32)cc1. The largest absolute Gasteiger partial charge is 0.493 e. The fraction of sp³-hybridized carbons (Fsp3) is 0.316. The molecule has 1 aliphatic rings. The summed E-state index contributed by atoms with van der Waals surface area (Å²) in [6.45, 7) is 2.57. The van der Waals surface area contributed by atoms with Gasteiger partial charge >= 0.3 is 5.97 Å². The molecular formula is C19H21NO5S. The Bertz CT molecular complexity index is 906. The van der Waals surface area contributed by atoms with E-state index < -0.39 is 16.0 Å². The molecule has 0 saturated heterocycles. The molecule has 2 aromatic rings. The first-order valence-corrected chi connectivity index (χ1v) is 9.88. The van der Waals surface area contributed by atoms with E-state index in [2.05, 4.69) is 4.72 Å². The quantitative estimate of drug-likeness (QED) is 0.809. The van der Waals surface area contributed by atoms with Gasteiger partial charge in [-0.1, -0.05) is 35.9 Å². The number of hydrogen-bond donors (Lipinski definition) is 2. The van der Waals surface area contributed by atoms with Crippen LogP contribution in [0.3, 0.4) is 0 Å². The maximum Gasteiger partial charge on any atom is 0.307 e. The number of aliphatic carboxylic acids is 1. The fourth-order valence-electron chi connectivity index (χ4n) is 3.09. The lowest BCUT2D eigenvalue weighted by molar-refractivity contribution is -0.136. The summed E-state index contributed by atoms with van der Waals surface area (Å²) in [5, 5.41) is 9.04. The van der Waals surface area contributed by atoms with E-state index in [1.165, 1.54) is 0 Å². The number of rotatable bonds is 6. The van der Waals surface area contributed by atoms with Crippen molar-refractivity contribution < 1.29 is 23.1 Å². The number of fused-ring (bicyclic) bond motifs is 1. The molecule has 0 fully saturated rings. The Balaban J connectivity index is 1.78. The van der Waals surface area contributed by atoms with Crippen LogP contribution in [0.1, 0.15) is 29.0 Å². The summed E-state index contributed by atoms with van der Waals surface area (Å²) in [4.78, 5) is 11.3. The minimum atomic E-state index is -3.59. The summed E-state index contributed by atoms with van der Waals surface area (Å²) >= 11 is 0. The third-order valence-electron chi connectivity index (χ3n) is 4.47. The van der Waals surface area contributed by atoms with Gasteiger partial charge in [-0.05, 0) is 31.0 Å². The maximum atomic E-state index is 12.5. The monoisotopic (exact) mass is 375 g/mol. The van der Waals surface area contributed by atoms with E-state index in [0.717, 1.165) is 11.1 Å². The van der Waals surface area contributed by atoms with Crippen LogP contribution in [0.4, 0.5) is 0 Å². The van der Waals surface area contributed by atoms with Gasteiger partial charge < -0.3 is 9.84 Å². The molecule has 2 aromatic carbocycles. The predicted molar refractivity (Wildman–Crippen MR) is 97.0 cm³/mol. The number of aryl methyl sites for hydroxylation is 1. The summed E-state index contributed by atoms with van der Waals surface area (Å²) in [5.74, 6) is -0.419. The first-order valence-electron chi connectivity index (χ1n) is 8.39. The van der Waals surface area contributed by atoms with Gasteiger partial charge in [0.1, 0.15) is 5.75 Å². The van der Waals surface area contributed by atoms with Gasteiger partial charge in [-0.3, -0.25) is 4.79 Å². The predicted octanol–water partition coefficient (Wildman–Crippen LogP) is 2.47. The summed E-state index contributed by atoms with van der Waals surface area (Å²) in [5.41, 5.74) is 2.45. The van der Waals surface area contributed by atoms with Crippen LogP contribution in [-0.4, -0.2) is 32.6 Å². The molecule has 0 aromatic heterocycles. The van der Waals surface area contributed by atoms with Crippen LogP contribution in [0, 0.1) is 6.92 Å². The van der Waals surface area contributed by atoms with Gasteiger partial charge in [-0.25, -0.2) is 13.1 Å². The number of carboxylic acid groups (broad SMARTS) is 1. The zero-order chi connectivity index (χ0) is 18.7. The second-order valence-corrected chi connectivity index (χ2v) is 8.17. The number of para-hydroxylation sites is 1. The minimum Gasteiger partial charge on any atom is -0.493 e. The first kappa shape index (κ1) is 18.4. The summed E-state index contributed by atoms with van der Waals surface area (Å²) in [6.07, 6.45) is 0.547. The summed E-state index contributed by atoms with van der Waals surface area (Å²) in [7, 11) is -3.59. The number of nitrogens with one attached hydrogen (secondary N) is 1. The normalized spacial score (nSPS) is 16.6. The van der Waals surface area contributed by atoms with E-state index in [-0.39, 0.29) is 23.8 Å². The van der Waals surface area contributed by atoms with Crippen molar-refractivity contribution in [3.63, 3.8) is 0 Å². The van der Waals surface area contributed by atoms with Gasteiger partial charge in [0.2, 0.25) is 10.0 Å². The molecule has 1 heterocycles. The molecule has 3 rings (SSSR count). The molecule has 0 spiro atoms. The molecular weight excluding hydrogens is 354 g/mol. The average molecular weight is 375 g/mol. The Labute approximate surface area is 152 Å². The number of hydrogen-bond acceptors (Lipinski definition) is 4.